The van der Waals surface area contributed by atoms with Gasteiger partial charge in [0.05, 0.1) is 17.1 Å². The van der Waals surface area contributed by atoms with Crippen molar-refractivity contribution in [3.8, 4) is 0 Å². The van der Waals surface area contributed by atoms with E-state index in [1.54, 1.807) is 26.0 Å². The minimum Gasteiger partial charge on any atom is -0.399 e. The van der Waals surface area contributed by atoms with E-state index in [1.807, 2.05) is 38.1 Å². The molecule has 4 rings (SSSR count). The molecule has 0 amide bonds. The van der Waals surface area contributed by atoms with E-state index in [2.05, 4.69) is 9.97 Å². The minimum atomic E-state index is -0.978. The maximum atomic E-state index is 10.6. The number of nitrogens with zero attached hydrogens (tertiary/aromatic N) is 1. The van der Waals surface area contributed by atoms with Crippen molar-refractivity contribution in [2.75, 3.05) is 12.3 Å². The summed E-state index contributed by atoms with van der Waals surface area (Å²) < 4.78 is 0. The number of aromatic amines is 2. The molecule has 0 bridgehead atoms. The van der Waals surface area contributed by atoms with Gasteiger partial charge in [0.25, 0.3) is 5.69 Å². The second kappa shape index (κ2) is 9.02. The number of nitrogens with one attached hydrogen (secondary N) is 2. The first kappa shape index (κ1) is 24.9. The molecule has 172 valence electrons. The third kappa shape index (κ3) is 5.27. The molecule has 8 heteroatoms. The van der Waals surface area contributed by atoms with Crippen LogP contribution in [-0.4, -0.2) is 31.7 Å². The molecule has 4 aromatic rings. The summed E-state index contributed by atoms with van der Waals surface area (Å²) in [5.41, 5.74) is 8.81. The van der Waals surface area contributed by atoms with Gasteiger partial charge in [0.2, 0.25) is 0 Å². The van der Waals surface area contributed by atoms with Crippen LogP contribution in [0.15, 0.2) is 48.5 Å². The van der Waals surface area contributed by atoms with Crippen molar-refractivity contribution in [2.24, 2.45) is 0 Å². The minimum absolute atomic E-state index is 0. The van der Waals surface area contributed by atoms with Crippen molar-refractivity contribution < 1.29 is 15.1 Å². The molecule has 0 aliphatic carbocycles. The van der Waals surface area contributed by atoms with Gasteiger partial charge in [-0.15, -0.1) is 0 Å². The lowest BCUT2D eigenvalue weighted by molar-refractivity contribution is -0.384. The van der Waals surface area contributed by atoms with Crippen molar-refractivity contribution >= 4 is 33.2 Å². The lowest BCUT2D eigenvalue weighted by atomic mass is 9.91. The van der Waals surface area contributed by atoms with Gasteiger partial charge >= 0.3 is 0 Å². The number of H-pyrrole nitrogens is 2. The van der Waals surface area contributed by atoms with E-state index in [1.165, 1.54) is 12.1 Å². The van der Waals surface area contributed by atoms with Gasteiger partial charge in [0, 0.05) is 56.4 Å². The van der Waals surface area contributed by atoms with Crippen molar-refractivity contribution in [3.63, 3.8) is 0 Å². The number of nitrogens with two attached hydrogens (primary N) is 1. The Morgan fingerprint density at radius 2 is 1.47 bits per heavy atom. The molecule has 0 aliphatic heterocycles. The molecular formula is C24H32N4O4. The molecule has 2 aromatic heterocycles. The lowest BCUT2D eigenvalue weighted by Crippen LogP contribution is -2.22. The summed E-state index contributed by atoms with van der Waals surface area (Å²) in [5, 5.41) is 31.5. The summed E-state index contributed by atoms with van der Waals surface area (Å²) >= 11 is 0. The third-order valence-electron chi connectivity index (χ3n) is 5.24. The van der Waals surface area contributed by atoms with Crippen LogP contribution < -0.4 is 5.73 Å². The van der Waals surface area contributed by atoms with Gasteiger partial charge in [0.15, 0.2) is 0 Å². The number of non-ortho nitro benzene ring substituents is 1. The number of hydrogen-bond donors (Lipinski definition) is 5. The van der Waals surface area contributed by atoms with Crippen molar-refractivity contribution in [1.82, 2.24) is 9.97 Å². The summed E-state index contributed by atoms with van der Waals surface area (Å²) in [7, 11) is 0. The largest absolute Gasteiger partial charge is 0.399 e. The number of nitro benzene ring substituents is 1. The van der Waals surface area contributed by atoms with E-state index in [-0.39, 0.29) is 25.1 Å². The van der Waals surface area contributed by atoms with Gasteiger partial charge in [-0.25, -0.2) is 0 Å². The molecule has 2 heterocycles. The maximum absolute atomic E-state index is 10.6. The molecular weight excluding hydrogens is 408 g/mol. The van der Waals surface area contributed by atoms with E-state index in [9.17, 15) is 20.3 Å². The average Bonchev–Trinajstić information content (AvgIpc) is 3.31. The van der Waals surface area contributed by atoms with E-state index < -0.39 is 10.5 Å². The first-order chi connectivity index (χ1) is 14.4. The average molecular weight is 441 g/mol. The van der Waals surface area contributed by atoms with Crippen LogP contribution in [0.25, 0.3) is 21.8 Å². The number of aliphatic hydroxyl groups is 2. The fourth-order valence-electron chi connectivity index (χ4n) is 3.16. The van der Waals surface area contributed by atoms with Crippen LogP contribution in [0.2, 0.25) is 0 Å². The summed E-state index contributed by atoms with van der Waals surface area (Å²) in [5.74, 6) is 0. The molecule has 0 radical (unpaired) electrons. The Morgan fingerprint density at radius 1 is 0.938 bits per heavy atom. The van der Waals surface area contributed by atoms with Crippen molar-refractivity contribution in [1.29, 1.82) is 0 Å². The summed E-state index contributed by atoms with van der Waals surface area (Å²) in [6.07, 6.45) is 0. The number of anilines is 1. The molecule has 6 N–H and O–H groups in total. The maximum Gasteiger partial charge on any atom is 0.270 e. The zero-order chi connectivity index (χ0) is 23.0. The second-order valence-corrected chi connectivity index (χ2v) is 8.84. The molecule has 32 heavy (non-hydrogen) atoms. The highest BCUT2D eigenvalue weighted by atomic mass is 16.6. The van der Waals surface area contributed by atoms with Gasteiger partial charge in [0.1, 0.15) is 0 Å². The Kier molecular flexibility index (Phi) is 7.02. The van der Waals surface area contributed by atoms with Crippen LogP contribution in [0.4, 0.5) is 11.4 Å². The van der Waals surface area contributed by atoms with Gasteiger partial charge in [-0.3, -0.25) is 10.1 Å². The topological polar surface area (TPSA) is 141 Å². The van der Waals surface area contributed by atoms with Crippen LogP contribution in [0.3, 0.4) is 0 Å². The highest BCUT2D eigenvalue weighted by Gasteiger charge is 2.21. The normalized spacial score (nSPS) is 11.7. The molecule has 0 atom stereocenters. The monoisotopic (exact) mass is 440 g/mol. The first-order valence-electron chi connectivity index (χ1n) is 9.90. The Hall–Kier alpha value is -3.36. The molecule has 0 unspecified atom stereocenters. The summed E-state index contributed by atoms with van der Waals surface area (Å²) in [6.45, 7) is 7.44. The number of aromatic nitrogens is 2. The fraction of sp³-hybridized carbons (Fsp3) is 0.333. The zero-order valence-electron chi connectivity index (χ0n) is 18.1. The summed E-state index contributed by atoms with van der Waals surface area (Å²) in [4.78, 5) is 16.5. The highest BCUT2D eigenvalue weighted by molar-refractivity contribution is 5.84. The summed E-state index contributed by atoms with van der Waals surface area (Å²) in [6, 6.07) is 14.1. The number of hydrogen-bond acceptors (Lipinski definition) is 5. The predicted octanol–water partition coefficient (Wildman–Crippen LogP) is 4.96. The molecule has 0 saturated carbocycles. The number of rotatable bonds is 4. The van der Waals surface area contributed by atoms with E-state index >= 15 is 0 Å². The Labute approximate surface area is 187 Å². The molecule has 8 nitrogen and oxygen atoms in total. The lowest BCUT2D eigenvalue weighted by Gasteiger charge is -2.19. The first-order valence-corrected chi connectivity index (χ1v) is 9.90. The fourth-order valence-corrected chi connectivity index (χ4v) is 3.16. The van der Waals surface area contributed by atoms with E-state index in [0.717, 1.165) is 33.2 Å². The second-order valence-electron chi connectivity index (χ2n) is 8.84. The SMILES string of the molecule is C.CC(C)(CO)c1cc2cc(N)ccc2[nH]1.CC(C)(O)c1cc2cc([N+](=O)[O-])ccc2[nH]1. The van der Waals surface area contributed by atoms with Crippen molar-refractivity contribution in [2.45, 2.75) is 46.1 Å². The number of nitrogen functional groups attached to an aromatic ring is 1. The van der Waals surface area contributed by atoms with E-state index in [0.29, 0.717) is 5.69 Å². The van der Waals surface area contributed by atoms with Crippen LogP contribution in [0.5, 0.6) is 0 Å². The van der Waals surface area contributed by atoms with Crippen LogP contribution in [0, 0.1) is 10.1 Å². The molecule has 2 aromatic carbocycles. The number of aliphatic hydroxyl groups excluding tert-OH is 1. The number of fused-ring (bicyclic) bond motifs is 2. The van der Waals surface area contributed by atoms with Crippen LogP contribution in [0.1, 0.15) is 46.5 Å². The molecule has 0 spiro atoms. The quantitative estimate of drug-likeness (QED) is 0.173. The van der Waals surface area contributed by atoms with Gasteiger partial charge in [-0.05, 0) is 50.2 Å². The van der Waals surface area contributed by atoms with Crippen LogP contribution in [-0.2, 0) is 11.0 Å². The van der Waals surface area contributed by atoms with Crippen LogP contribution >= 0.6 is 0 Å². The zero-order valence-corrected chi connectivity index (χ0v) is 18.1. The Morgan fingerprint density at radius 3 is 2.03 bits per heavy atom. The standard InChI is InChI=1S/C12H16N2O.C11H12N2O3.CH4/c1-12(2,7-15)11-6-8-5-9(13)3-4-10(8)14-11;1-11(2,14)10-6-7-5-8(13(15)16)3-4-9(7)12-10;/h3-6,14-15H,7,13H2,1-2H3;3-6,12,14H,1-2H3;1H4. The molecule has 0 saturated heterocycles. The number of nitro groups is 1. The highest BCUT2D eigenvalue weighted by Crippen LogP contribution is 2.28. The number of benzene rings is 2. The molecule has 0 fully saturated rings. The van der Waals surface area contributed by atoms with Crippen molar-refractivity contribution in [3.05, 3.63) is 70.0 Å². The third-order valence-corrected chi connectivity index (χ3v) is 5.24. The molecule has 0 aliphatic rings. The van der Waals surface area contributed by atoms with E-state index in [4.69, 9.17) is 5.73 Å². The van der Waals surface area contributed by atoms with Gasteiger partial charge in [-0.2, -0.15) is 0 Å². The smallest absolute Gasteiger partial charge is 0.270 e. The predicted molar refractivity (Wildman–Crippen MR) is 130 cm³/mol. The Balaban J connectivity index is 0.000000220. The van der Waals surface area contributed by atoms with Gasteiger partial charge in [-0.1, -0.05) is 21.3 Å². The van der Waals surface area contributed by atoms with Gasteiger partial charge < -0.3 is 25.9 Å². The Bertz CT molecular complexity index is 1230.